The lowest BCUT2D eigenvalue weighted by molar-refractivity contribution is 0.0936. The van der Waals surface area contributed by atoms with Gasteiger partial charge in [-0.15, -0.1) is 5.10 Å². The molecule has 0 spiro atoms. The summed E-state index contributed by atoms with van der Waals surface area (Å²) in [4.78, 5) is 20.0. The summed E-state index contributed by atoms with van der Waals surface area (Å²) in [6.07, 6.45) is 0. The van der Waals surface area contributed by atoms with Gasteiger partial charge in [-0.1, -0.05) is 25.9 Å². The molecule has 2 aromatic heterocycles. The number of nitrogens with one attached hydrogen (secondary N) is 2. The van der Waals surface area contributed by atoms with Crippen LogP contribution in [0.4, 0.5) is 0 Å². The number of aromatic amines is 1. The molecule has 0 aliphatic carbocycles. The van der Waals surface area contributed by atoms with Gasteiger partial charge >= 0.3 is 0 Å². The molecule has 1 amide bonds. The topological polar surface area (TPSA) is 110 Å². The van der Waals surface area contributed by atoms with Crippen molar-refractivity contribution in [3.05, 3.63) is 23.4 Å². The van der Waals surface area contributed by atoms with Crippen molar-refractivity contribution in [3.8, 4) is 0 Å². The van der Waals surface area contributed by atoms with Crippen molar-refractivity contribution in [2.45, 2.75) is 39.7 Å². The minimum atomic E-state index is -0.386. The maximum atomic E-state index is 11.8. The Morgan fingerprint density at radius 1 is 1.37 bits per heavy atom. The highest BCUT2D eigenvalue weighted by Gasteiger charge is 2.21. The minimum Gasteiger partial charge on any atom is -0.340 e. The Bertz CT molecular complexity index is 580. The number of amides is 1. The summed E-state index contributed by atoms with van der Waals surface area (Å²) in [5.41, 5.74) is -0.185. The van der Waals surface area contributed by atoms with Gasteiger partial charge in [0.1, 0.15) is 5.82 Å². The Hall–Kier alpha value is -2.25. The molecule has 0 unspecified atom stereocenters. The number of aromatic nitrogens is 5. The first-order valence-corrected chi connectivity index (χ1v) is 5.86. The van der Waals surface area contributed by atoms with Gasteiger partial charge in [-0.3, -0.25) is 9.89 Å². The van der Waals surface area contributed by atoms with Crippen LogP contribution in [0.3, 0.4) is 0 Å². The second-order valence-corrected chi connectivity index (χ2v) is 5.18. The van der Waals surface area contributed by atoms with Crippen LogP contribution in [-0.4, -0.2) is 31.2 Å². The Morgan fingerprint density at radius 3 is 2.63 bits per heavy atom. The average Bonchev–Trinajstić information content (AvgIpc) is 2.93. The first-order valence-electron chi connectivity index (χ1n) is 5.86. The summed E-state index contributed by atoms with van der Waals surface area (Å²) in [6.45, 7) is 7.81. The molecule has 0 saturated carbocycles. The summed E-state index contributed by atoms with van der Waals surface area (Å²) in [7, 11) is 0. The van der Waals surface area contributed by atoms with Crippen LogP contribution < -0.4 is 5.32 Å². The fraction of sp³-hybridized carbons (Fsp3) is 0.545. The molecule has 0 radical (unpaired) electrons. The molecule has 0 saturated heterocycles. The molecule has 2 N–H and O–H groups in total. The number of rotatable bonds is 3. The molecule has 0 aliphatic heterocycles. The Balaban J connectivity index is 1.98. The Labute approximate surface area is 110 Å². The minimum absolute atomic E-state index is 0.0983. The molecule has 0 aromatic carbocycles. The molecular weight excluding hydrogens is 248 g/mol. The van der Waals surface area contributed by atoms with Gasteiger partial charge in [0.15, 0.2) is 5.82 Å². The van der Waals surface area contributed by atoms with Crippen molar-refractivity contribution in [2.75, 3.05) is 0 Å². The van der Waals surface area contributed by atoms with Crippen molar-refractivity contribution in [2.24, 2.45) is 0 Å². The molecule has 8 heteroatoms. The lowest BCUT2D eigenvalue weighted by Crippen LogP contribution is -2.24. The largest absolute Gasteiger partial charge is 0.340 e. The van der Waals surface area contributed by atoms with E-state index in [0.29, 0.717) is 17.5 Å². The molecule has 2 heterocycles. The van der Waals surface area contributed by atoms with E-state index in [1.54, 1.807) is 6.92 Å². The van der Waals surface area contributed by atoms with Gasteiger partial charge in [0.25, 0.3) is 5.91 Å². The molecule has 2 rings (SSSR count). The van der Waals surface area contributed by atoms with Crippen LogP contribution in [0.5, 0.6) is 0 Å². The van der Waals surface area contributed by atoms with Gasteiger partial charge in [-0.05, 0) is 6.92 Å². The number of aryl methyl sites for hydroxylation is 1. The van der Waals surface area contributed by atoms with Crippen molar-refractivity contribution >= 4 is 5.91 Å². The van der Waals surface area contributed by atoms with E-state index in [1.807, 2.05) is 20.8 Å². The highest BCUT2D eigenvalue weighted by Crippen LogP contribution is 2.17. The molecule has 19 heavy (non-hydrogen) atoms. The first-order chi connectivity index (χ1) is 8.86. The van der Waals surface area contributed by atoms with E-state index in [2.05, 4.69) is 30.6 Å². The van der Waals surface area contributed by atoms with Gasteiger partial charge in [-0.2, -0.15) is 4.98 Å². The highest BCUT2D eigenvalue weighted by molar-refractivity contribution is 5.90. The summed E-state index contributed by atoms with van der Waals surface area (Å²) in [5.74, 6) is 1.24. The number of nitrogens with zero attached hydrogens (tertiary/aromatic N) is 4. The lowest BCUT2D eigenvalue weighted by Gasteiger charge is -2.12. The second kappa shape index (κ2) is 4.79. The molecule has 2 aromatic rings. The van der Waals surface area contributed by atoms with E-state index in [9.17, 15) is 4.79 Å². The van der Waals surface area contributed by atoms with Crippen LogP contribution in [0.1, 0.15) is 48.9 Å². The smallest absolute Gasteiger partial charge is 0.291 e. The average molecular weight is 264 g/mol. The third-order valence-corrected chi connectivity index (χ3v) is 2.37. The summed E-state index contributed by atoms with van der Waals surface area (Å²) in [5, 5.41) is 12.9. The fourth-order valence-corrected chi connectivity index (χ4v) is 1.35. The first kappa shape index (κ1) is 13.2. The van der Waals surface area contributed by atoms with Gasteiger partial charge in [-0.25, -0.2) is 4.98 Å². The summed E-state index contributed by atoms with van der Waals surface area (Å²) < 4.78 is 4.89. The zero-order chi connectivity index (χ0) is 14.0. The lowest BCUT2D eigenvalue weighted by atomic mass is 9.96. The maximum absolute atomic E-state index is 11.8. The number of H-pyrrole nitrogens is 1. The Kier molecular flexibility index (Phi) is 3.32. The summed E-state index contributed by atoms with van der Waals surface area (Å²) in [6, 6.07) is 0. The van der Waals surface area contributed by atoms with Crippen LogP contribution in [-0.2, 0) is 12.0 Å². The van der Waals surface area contributed by atoms with E-state index in [0.717, 1.165) is 0 Å². The molecule has 8 nitrogen and oxygen atoms in total. The predicted octanol–water partition coefficient (Wildman–Crippen LogP) is 0.724. The fourth-order valence-electron chi connectivity index (χ4n) is 1.35. The van der Waals surface area contributed by atoms with E-state index in [-0.39, 0.29) is 23.7 Å². The van der Waals surface area contributed by atoms with Crippen LogP contribution >= 0.6 is 0 Å². The van der Waals surface area contributed by atoms with Crippen molar-refractivity contribution < 1.29 is 9.32 Å². The zero-order valence-corrected chi connectivity index (χ0v) is 11.3. The standard InChI is InChI=1S/C11H16N6O2/c1-6-13-7(19-17-6)5-12-9(18)8-14-10(16-15-8)11(2,3)4/h5H2,1-4H3,(H,12,18)(H,14,15,16). The molecule has 0 atom stereocenters. The number of carbonyl (C=O) groups excluding carboxylic acids is 1. The van der Waals surface area contributed by atoms with Crippen molar-refractivity contribution in [3.63, 3.8) is 0 Å². The molecular formula is C11H16N6O2. The van der Waals surface area contributed by atoms with E-state index < -0.39 is 0 Å². The molecule has 0 fully saturated rings. The van der Waals surface area contributed by atoms with Gasteiger partial charge in [0.2, 0.25) is 11.7 Å². The number of hydrogen-bond donors (Lipinski definition) is 2. The van der Waals surface area contributed by atoms with Crippen LogP contribution in [0.15, 0.2) is 4.52 Å². The third kappa shape index (κ3) is 3.15. The quantitative estimate of drug-likeness (QED) is 0.845. The number of carbonyl (C=O) groups is 1. The summed E-state index contributed by atoms with van der Waals surface area (Å²) >= 11 is 0. The van der Waals surface area contributed by atoms with E-state index >= 15 is 0 Å². The third-order valence-electron chi connectivity index (χ3n) is 2.37. The highest BCUT2D eigenvalue weighted by atomic mass is 16.5. The second-order valence-electron chi connectivity index (χ2n) is 5.18. The SMILES string of the molecule is Cc1noc(CNC(=O)c2n[nH]c(C(C)(C)C)n2)n1. The maximum Gasteiger partial charge on any atom is 0.291 e. The molecule has 102 valence electrons. The van der Waals surface area contributed by atoms with Crippen molar-refractivity contribution in [1.82, 2.24) is 30.6 Å². The predicted molar refractivity (Wildman–Crippen MR) is 65.3 cm³/mol. The Morgan fingerprint density at radius 2 is 2.11 bits per heavy atom. The molecule has 0 bridgehead atoms. The van der Waals surface area contributed by atoms with Gasteiger partial charge in [0.05, 0.1) is 6.54 Å². The monoisotopic (exact) mass is 264 g/mol. The normalized spacial score (nSPS) is 11.6. The van der Waals surface area contributed by atoms with Crippen LogP contribution in [0.2, 0.25) is 0 Å². The van der Waals surface area contributed by atoms with Crippen molar-refractivity contribution in [1.29, 1.82) is 0 Å². The van der Waals surface area contributed by atoms with Crippen LogP contribution in [0.25, 0.3) is 0 Å². The van der Waals surface area contributed by atoms with E-state index in [1.165, 1.54) is 0 Å². The van der Waals surface area contributed by atoms with E-state index in [4.69, 9.17) is 4.52 Å². The van der Waals surface area contributed by atoms with Gasteiger partial charge < -0.3 is 9.84 Å². The molecule has 0 aliphatic rings. The zero-order valence-electron chi connectivity index (χ0n) is 11.3. The number of hydrogen-bond acceptors (Lipinski definition) is 6. The van der Waals surface area contributed by atoms with Gasteiger partial charge in [0, 0.05) is 5.41 Å². The van der Waals surface area contributed by atoms with Crippen LogP contribution in [0, 0.1) is 6.92 Å².